The molecule has 0 aliphatic rings. The van der Waals surface area contributed by atoms with Gasteiger partial charge in [-0.3, -0.25) is 0 Å². The summed E-state index contributed by atoms with van der Waals surface area (Å²) in [4.78, 5) is 7.69. The highest BCUT2D eigenvalue weighted by Crippen LogP contribution is 2.31. The molecule has 2 aromatic rings. The van der Waals surface area contributed by atoms with Gasteiger partial charge < -0.3 is 9.72 Å². The first-order valence-electron chi connectivity index (χ1n) is 4.47. The Morgan fingerprint density at radius 1 is 1.50 bits per heavy atom. The number of aromatic amines is 1. The summed E-state index contributed by atoms with van der Waals surface area (Å²) in [5.41, 5.74) is 1.90. The second-order valence-corrected chi connectivity index (χ2v) is 3.87. The van der Waals surface area contributed by atoms with Crippen molar-refractivity contribution in [3.8, 4) is 5.75 Å². The zero-order valence-electron chi connectivity index (χ0n) is 8.10. The molecule has 0 atom stereocenters. The van der Waals surface area contributed by atoms with Gasteiger partial charge in [0, 0.05) is 6.42 Å². The summed E-state index contributed by atoms with van der Waals surface area (Å²) < 4.78 is 6.22. The average Bonchev–Trinajstić information content (AvgIpc) is 2.60. The number of rotatable bonds is 2. The lowest BCUT2D eigenvalue weighted by molar-refractivity contribution is 0.416. The van der Waals surface area contributed by atoms with Crippen LogP contribution >= 0.6 is 15.9 Å². The average molecular weight is 255 g/mol. The monoisotopic (exact) mass is 254 g/mol. The van der Waals surface area contributed by atoms with E-state index in [-0.39, 0.29) is 0 Å². The number of methoxy groups -OCH3 is 1. The molecule has 14 heavy (non-hydrogen) atoms. The molecule has 0 saturated heterocycles. The molecule has 2 rings (SSSR count). The van der Waals surface area contributed by atoms with E-state index >= 15 is 0 Å². The molecule has 1 heterocycles. The molecule has 0 saturated carbocycles. The molecule has 0 unspecified atom stereocenters. The molecule has 1 aromatic carbocycles. The molecule has 0 aliphatic heterocycles. The van der Waals surface area contributed by atoms with E-state index in [0.29, 0.717) is 0 Å². The number of ether oxygens (including phenoxy) is 1. The lowest BCUT2D eigenvalue weighted by Crippen LogP contribution is -1.86. The summed E-state index contributed by atoms with van der Waals surface area (Å²) in [5.74, 6) is 1.77. The van der Waals surface area contributed by atoms with E-state index in [4.69, 9.17) is 4.74 Å². The van der Waals surface area contributed by atoms with Crippen LogP contribution in [0.15, 0.2) is 16.6 Å². The molecule has 0 spiro atoms. The number of hydrogen-bond donors (Lipinski definition) is 1. The number of aromatic nitrogens is 2. The van der Waals surface area contributed by atoms with Gasteiger partial charge in [0.15, 0.2) is 5.75 Å². The van der Waals surface area contributed by atoms with Crippen molar-refractivity contribution in [1.29, 1.82) is 0 Å². The van der Waals surface area contributed by atoms with Crippen LogP contribution in [-0.2, 0) is 6.42 Å². The van der Waals surface area contributed by atoms with Crippen molar-refractivity contribution in [2.24, 2.45) is 0 Å². The number of nitrogens with zero attached hydrogens (tertiary/aromatic N) is 1. The molecule has 1 aromatic heterocycles. The standard InChI is InChI=1S/C10H11BrN2O/c1-3-8-12-7-5-4-6(11)10(14-2)9(7)13-8/h4-5H,3H2,1-2H3,(H,12,13). The number of nitrogens with one attached hydrogen (secondary N) is 1. The molecule has 0 amide bonds. The van der Waals surface area contributed by atoms with E-state index in [0.717, 1.165) is 33.5 Å². The minimum atomic E-state index is 0.790. The van der Waals surface area contributed by atoms with Crippen LogP contribution in [0.3, 0.4) is 0 Å². The maximum atomic E-state index is 5.29. The molecular weight excluding hydrogens is 244 g/mol. The van der Waals surface area contributed by atoms with Gasteiger partial charge in [-0.1, -0.05) is 6.92 Å². The van der Waals surface area contributed by atoms with Crippen molar-refractivity contribution in [2.75, 3.05) is 7.11 Å². The highest BCUT2D eigenvalue weighted by molar-refractivity contribution is 9.10. The van der Waals surface area contributed by atoms with Gasteiger partial charge in [-0.2, -0.15) is 0 Å². The Bertz CT molecular complexity index is 464. The number of imidazole rings is 1. The molecule has 0 aliphatic carbocycles. The van der Waals surface area contributed by atoms with Crippen LogP contribution in [0.5, 0.6) is 5.75 Å². The Morgan fingerprint density at radius 2 is 2.29 bits per heavy atom. The Hall–Kier alpha value is -1.03. The van der Waals surface area contributed by atoms with E-state index < -0.39 is 0 Å². The zero-order chi connectivity index (χ0) is 10.1. The topological polar surface area (TPSA) is 37.9 Å². The van der Waals surface area contributed by atoms with Crippen LogP contribution < -0.4 is 4.74 Å². The second-order valence-electron chi connectivity index (χ2n) is 3.01. The molecule has 0 radical (unpaired) electrons. The molecule has 0 fully saturated rings. The molecular formula is C10H11BrN2O. The van der Waals surface area contributed by atoms with Crippen LogP contribution in [0.25, 0.3) is 11.0 Å². The first kappa shape index (κ1) is 9.52. The SMILES string of the molecule is CCc1nc2c(OC)c(Br)ccc2[nH]1. The lowest BCUT2D eigenvalue weighted by Gasteiger charge is -2.02. The zero-order valence-corrected chi connectivity index (χ0v) is 9.68. The smallest absolute Gasteiger partial charge is 0.160 e. The van der Waals surface area contributed by atoms with Crippen molar-refractivity contribution in [3.63, 3.8) is 0 Å². The third-order valence-electron chi connectivity index (χ3n) is 2.15. The number of H-pyrrole nitrogens is 1. The Labute approximate surface area is 90.6 Å². The fourth-order valence-electron chi connectivity index (χ4n) is 1.44. The maximum Gasteiger partial charge on any atom is 0.160 e. The van der Waals surface area contributed by atoms with Gasteiger partial charge in [0.25, 0.3) is 0 Å². The van der Waals surface area contributed by atoms with Crippen LogP contribution in [0, 0.1) is 0 Å². The molecule has 4 heteroatoms. The van der Waals surface area contributed by atoms with Crippen LogP contribution in [0.2, 0.25) is 0 Å². The molecule has 0 bridgehead atoms. The number of halogens is 1. The second kappa shape index (κ2) is 3.61. The first-order valence-corrected chi connectivity index (χ1v) is 5.26. The third kappa shape index (κ3) is 1.39. The van der Waals surface area contributed by atoms with E-state index in [2.05, 4.69) is 32.8 Å². The minimum Gasteiger partial charge on any atom is -0.493 e. The van der Waals surface area contributed by atoms with Gasteiger partial charge >= 0.3 is 0 Å². The number of aryl methyl sites for hydroxylation is 1. The van der Waals surface area contributed by atoms with Crippen molar-refractivity contribution in [1.82, 2.24) is 9.97 Å². The predicted octanol–water partition coefficient (Wildman–Crippen LogP) is 2.90. The highest BCUT2D eigenvalue weighted by atomic mass is 79.9. The van der Waals surface area contributed by atoms with Crippen LogP contribution in [0.1, 0.15) is 12.7 Å². The fraction of sp³-hybridized carbons (Fsp3) is 0.300. The predicted molar refractivity (Wildman–Crippen MR) is 59.7 cm³/mol. The van der Waals surface area contributed by atoms with Crippen LogP contribution in [-0.4, -0.2) is 17.1 Å². The minimum absolute atomic E-state index is 0.790. The van der Waals surface area contributed by atoms with Gasteiger partial charge in [-0.25, -0.2) is 4.98 Å². The summed E-state index contributed by atoms with van der Waals surface area (Å²) in [6.45, 7) is 2.07. The maximum absolute atomic E-state index is 5.29. The van der Waals surface area contributed by atoms with E-state index in [1.807, 2.05) is 12.1 Å². The summed E-state index contributed by atoms with van der Waals surface area (Å²) in [6.07, 6.45) is 0.898. The quantitative estimate of drug-likeness (QED) is 0.895. The number of fused-ring (bicyclic) bond motifs is 1. The summed E-state index contributed by atoms with van der Waals surface area (Å²) in [6, 6.07) is 3.95. The van der Waals surface area contributed by atoms with Gasteiger partial charge in [-0.15, -0.1) is 0 Å². The number of hydrogen-bond acceptors (Lipinski definition) is 2. The van der Waals surface area contributed by atoms with Gasteiger partial charge in [0.05, 0.1) is 17.1 Å². The van der Waals surface area contributed by atoms with Gasteiger partial charge in [0.1, 0.15) is 11.3 Å². The number of benzene rings is 1. The highest BCUT2D eigenvalue weighted by Gasteiger charge is 2.09. The van der Waals surface area contributed by atoms with E-state index in [1.165, 1.54) is 0 Å². The lowest BCUT2D eigenvalue weighted by atomic mass is 10.3. The Kier molecular flexibility index (Phi) is 2.46. The van der Waals surface area contributed by atoms with Crippen molar-refractivity contribution < 1.29 is 4.74 Å². The summed E-state index contributed by atoms with van der Waals surface area (Å²) in [7, 11) is 1.65. The largest absolute Gasteiger partial charge is 0.493 e. The Balaban J connectivity index is 2.73. The van der Waals surface area contributed by atoms with Gasteiger partial charge in [-0.05, 0) is 28.1 Å². The summed E-state index contributed by atoms with van der Waals surface area (Å²) >= 11 is 3.43. The van der Waals surface area contributed by atoms with E-state index in [9.17, 15) is 0 Å². The molecule has 1 N–H and O–H groups in total. The third-order valence-corrected chi connectivity index (χ3v) is 2.77. The van der Waals surface area contributed by atoms with Crippen LogP contribution in [0.4, 0.5) is 0 Å². The van der Waals surface area contributed by atoms with Crippen molar-refractivity contribution in [3.05, 3.63) is 22.4 Å². The fourth-order valence-corrected chi connectivity index (χ4v) is 1.92. The van der Waals surface area contributed by atoms with Gasteiger partial charge in [0.2, 0.25) is 0 Å². The normalized spacial score (nSPS) is 10.8. The Morgan fingerprint density at radius 3 is 2.93 bits per heavy atom. The molecule has 74 valence electrons. The molecule has 3 nitrogen and oxygen atoms in total. The summed E-state index contributed by atoms with van der Waals surface area (Å²) in [5, 5.41) is 0. The first-order chi connectivity index (χ1) is 6.76. The van der Waals surface area contributed by atoms with Crippen molar-refractivity contribution in [2.45, 2.75) is 13.3 Å². The van der Waals surface area contributed by atoms with E-state index in [1.54, 1.807) is 7.11 Å². The van der Waals surface area contributed by atoms with Crippen molar-refractivity contribution >= 4 is 27.0 Å².